The summed E-state index contributed by atoms with van der Waals surface area (Å²) in [6, 6.07) is 19.6. The van der Waals surface area contributed by atoms with E-state index in [2.05, 4.69) is 10.2 Å². The van der Waals surface area contributed by atoms with Gasteiger partial charge in [0.15, 0.2) is 5.65 Å². The van der Waals surface area contributed by atoms with Crippen LogP contribution in [0, 0.1) is 5.41 Å². The van der Waals surface area contributed by atoms with Gasteiger partial charge in [-0.2, -0.15) is 5.10 Å². The minimum atomic E-state index is -0.282. The predicted molar refractivity (Wildman–Crippen MR) is 126 cm³/mol. The van der Waals surface area contributed by atoms with Crippen LogP contribution in [0.15, 0.2) is 60.7 Å². The minimum absolute atomic E-state index is 0.259. The van der Waals surface area contributed by atoms with Gasteiger partial charge in [0.1, 0.15) is 23.8 Å². The summed E-state index contributed by atoms with van der Waals surface area (Å²) in [6.45, 7) is 1.58. The molecule has 162 valence electrons. The van der Waals surface area contributed by atoms with Gasteiger partial charge >= 0.3 is 0 Å². The lowest BCUT2D eigenvalue weighted by Gasteiger charge is -2.31. The van der Waals surface area contributed by atoms with Crippen molar-refractivity contribution in [1.82, 2.24) is 24.9 Å². The van der Waals surface area contributed by atoms with Gasteiger partial charge in [-0.3, -0.25) is 5.41 Å². The molecule has 2 aromatic carbocycles. The lowest BCUT2D eigenvalue weighted by atomic mass is 10.1. The molecule has 0 radical (unpaired) electrons. The first-order valence-electron chi connectivity index (χ1n) is 10.7. The summed E-state index contributed by atoms with van der Waals surface area (Å²) < 4.78 is 1.71. The molecule has 32 heavy (non-hydrogen) atoms. The number of aliphatic hydroxyl groups excluding tert-OH is 1. The van der Waals surface area contributed by atoms with Crippen LogP contribution in [0.25, 0.3) is 33.5 Å². The van der Waals surface area contributed by atoms with Crippen molar-refractivity contribution in [2.45, 2.75) is 25.5 Å². The Labute approximate surface area is 190 Å². The van der Waals surface area contributed by atoms with Crippen LogP contribution in [0.5, 0.6) is 0 Å². The Morgan fingerprint density at radius 1 is 0.938 bits per heavy atom. The summed E-state index contributed by atoms with van der Waals surface area (Å²) >= 11 is 6.90. The van der Waals surface area contributed by atoms with Crippen LogP contribution >= 0.6 is 11.6 Å². The maximum Gasteiger partial charge on any atom is 0.183 e. The average molecular weight is 447 g/mol. The van der Waals surface area contributed by atoms with E-state index < -0.39 is 0 Å². The highest BCUT2D eigenvalue weighted by atomic mass is 35.5. The molecule has 0 amide bonds. The fourth-order valence-electron chi connectivity index (χ4n) is 4.08. The fourth-order valence-corrected chi connectivity index (χ4v) is 4.40. The summed E-state index contributed by atoms with van der Waals surface area (Å²) in [5.41, 5.74) is 3.70. The number of piperidine rings is 1. The van der Waals surface area contributed by atoms with Crippen LogP contribution in [0.2, 0.25) is 5.02 Å². The van der Waals surface area contributed by atoms with Crippen LogP contribution in [-0.4, -0.2) is 55.0 Å². The van der Waals surface area contributed by atoms with E-state index in [9.17, 15) is 5.11 Å². The molecule has 2 aromatic heterocycles. The largest absolute Gasteiger partial charge is 0.393 e. The minimum Gasteiger partial charge on any atom is -0.393 e. The SMILES string of the molecule is N=C(Cn1nc(-c2ccccc2)c2c(Cl)c(-c3ccccc3)nnc21)N1CCC(O)CC1. The van der Waals surface area contributed by atoms with Crippen molar-refractivity contribution in [2.24, 2.45) is 0 Å². The molecule has 0 spiro atoms. The highest BCUT2D eigenvalue weighted by molar-refractivity contribution is 6.38. The zero-order valence-electron chi connectivity index (χ0n) is 17.4. The zero-order valence-corrected chi connectivity index (χ0v) is 18.2. The molecule has 8 heteroatoms. The molecule has 0 aliphatic carbocycles. The Hall–Kier alpha value is -3.29. The van der Waals surface area contributed by atoms with Crippen LogP contribution in [0.4, 0.5) is 0 Å². The highest BCUT2D eigenvalue weighted by Crippen LogP contribution is 2.37. The van der Waals surface area contributed by atoms with Gasteiger partial charge < -0.3 is 10.0 Å². The predicted octanol–water partition coefficient (Wildman–Crippen LogP) is 4.25. The second-order valence-corrected chi connectivity index (χ2v) is 8.34. The molecule has 1 aliphatic rings. The third-order valence-corrected chi connectivity index (χ3v) is 6.21. The number of likely N-dealkylation sites (tertiary alicyclic amines) is 1. The number of rotatable bonds is 4. The summed E-state index contributed by atoms with van der Waals surface area (Å²) in [5, 5.41) is 33.3. The Morgan fingerprint density at radius 2 is 1.53 bits per heavy atom. The maximum atomic E-state index is 9.77. The molecule has 0 bridgehead atoms. The normalized spacial score (nSPS) is 14.8. The first-order chi connectivity index (χ1) is 15.6. The van der Waals surface area contributed by atoms with E-state index in [1.807, 2.05) is 65.6 Å². The number of hydrogen-bond acceptors (Lipinski definition) is 5. The van der Waals surface area contributed by atoms with Crippen molar-refractivity contribution < 1.29 is 5.11 Å². The van der Waals surface area contributed by atoms with E-state index in [0.29, 0.717) is 48.1 Å². The Bertz CT molecular complexity index is 1250. The second kappa shape index (κ2) is 8.68. The lowest BCUT2D eigenvalue weighted by Crippen LogP contribution is -2.41. The molecule has 4 aromatic rings. The molecule has 1 fully saturated rings. The van der Waals surface area contributed by atoms with E-state index in [4.69, 9.17) is 22.1 Å². The molecular weight excluding hydrogens is 424 g/mol. The highest BCUT2D eigenvalue weighted by Gasteiger charge is 2.24. The molecule has 5 rings (SSSR count). The first-order valence-corrected chi connectivity index (χ1v) is 11.0. The zero-order chi connectivity index (χ0) is 22.1. The number of hydrogen-bond donors (Lipinski definition) is 2. The maximum absolute atomic E-state index is 9.77. The van der Waals surface area contributed by atoms with Gasteiger partial charge in [-0.1, -0.05) is 72.3 Å². The Balaban J connectivity index is 1.60. The number of fused-ring (bicyclic) bond motifs is 1. The lowest BCUT2D eigenvalue weighted by molar-refractivity contribution is 0.108. The van der Waals surface area contributed by atoms with Gasteiger partial charge in [0.05, 0.1) is 16.5 Å². The monoisotopic (exact) mass is 446 g/mol. The summed E-state index contributed by atoms with van der Waals surface area (Å²) in [5.74, 6) is 0.436. The van der Waals surface area contributed by atoms with E-state index in [1.165, 1.54) is 0 Å². The van der Waals surface area contributed by atoms with E-state index in [0.717, 1.165) is 22.2 Å². The van der Waals surface area contributed by atoms with Gasteiger partial charge in [-0.25, -0.2) is 4.68 Å². The number of nitrogens with one attached hydrogen (secondary N) is 1. The van der Waals surface area contributed by atoms with E-state index in [1.54, 1.807) is 4.68 Å². The quantitative estimate of drug-likeness (QED) is 0.361. The first kappa shape index (κ1) is 20.6. The van der Waals surface area contributed by atoms with Crippen molar-refractivity contribution in [2.75, 3.05) is 13.1 Å². The van der Waals surface area contributed by atoms with E-state index in [-0.39, 0.29) is 12.6 Å². The van der Waals surface area contributed by atoms with Crippen LogP contribution in [-0.2, 0) is 6.54 Å². The van der Waals surface area contributed by atoms with Crippen LogP contribution < -0.4 is 0 Å². The molecule has 0 unspecified atom stereocenters. The van der Waals surface area contributed by atoms with Gasteiger partial charge in [0.2, 0.25) is 0 Å². The summed E-state index contributed by atoms with van der Waals surface area (Å²) in [4.78, 5) is 1.98. The van der Waals surface area contributed by atoms with Gasteiger partial charge in [0, 0.05) is 24.2 Å². The number of amidine groups is 1. The van der Waals surface area contributed by atoms with Gasteiger partial charge in [-0.15, -0.1) is 10.2 Å². The number of nitrogens with zero attached hydrogens (tertiary/aromatic N) is 5. The van der Waals surface area contributed by atoms with Crippen molar-refractivity contribution in [3.63, 3.8) is 0 Å². The summed E-state index contributed by atoms with van der Waals surface area (Å²) in [7, 11) is 0. The number of benzene rings is 2. The van der Waals surface area contributed by atoms with Crippen LogP contribution in [0.3, 0.4) is 0 Å². The average Bonchev–Trinajstić information content (AvgIpc) is 3.20. The Morgan fingerprint density at radius 3 is 2.16 bits per heavy atom. The smallest absolute Gasteiger partial charge is 0.183 e. The van der Waals surface area contributed by atoms with E-state index >= 15 is 0 Å². The third-order valence-electron chi connectivity index (χ3n) is 5.84. The van der Waals surface area contributed by atoms with Gasteiger partial charge in [0.25, 0.3) is 0 Å². The summed E-state index contributed by atoms with van der Waals surface area (Å²) in [6.07, 6.45) is 1.06. The molecule has 1 saturated heterocycles. The molecular formula is C24H23ClN6O. The van der Waals surface area contributed by atoms with Gasteiger partial charge in [-0.05, 0) is 12.8 Å². The number of aliphatic hydroxyl groups is 1. The third kappa shape index (κ3) is 3.85. The standard InChI is InChI=1S/C24H23ClN6O/c25-21-20-22(16-7-3-1-4-8-16)29-31(15-19(26)30-13-11-18(32)12-14-30)24(20)28-27-23(21)17-9-5-2-6-10-17/h1-10,18,26,32H,11-15H2. The fraction of sp³-hybridized carbons (Fsp3) is 0.250. The molecule has 3 heterocycles. The van der Waals surface area contributed by atoms with Crippen molar-refractivity contribution in [3.05, 3.63) is 65.7 Å². The number of aromatic nitrogens is 4. The molecule has 0 atom stereocenters. The van der Waals surface area contributed by atoms with Crippen molar-refractivity contribution >= 4 is 28.5 Å². The Kier molecular flexibility index (Phi) is 5.59. The molecule has 2 N–H and O–H groups in total. The van der Waals surface area contributed by atoms with Crippen LogP contribution in [0.1, 0.15) is 12.8 Å². The number of halogens is 1. The molecule has 0 saturated carbocycles. The molecule has 7 nitrogen and oxygen atoms in total. The van der Waals surface area contributed by atoms with Crippen molar-refractivity contribution in [3.8, 4) is 22.5 Å². The second-order valence-electron chi connectivity index (χ2n) is 7.96. The topological polar surface area (TPSA) is 90.9 Å². The molecule has 1 aliphatic heterocycles. The van der Waals surface area contributed by atoms with Crippen molar-refractivity contribution in [1.29, 1.82) is 5.41 Å².